The summed E-state index contributed by atoms with van der Waals surface area (Å²) in [5.74, 6) is -0.116. The lowest BCUT2D eigenvalue weighted by Gasteiger charge is -2.11. The molecule has 0 bridgehead atoms. The van der Waals surface area contributed by atoms with Crippen molar-refractivity contribution in [1.82, 2.24) is 0 Å². The summed E-state index contributed by atoms with van der Waals surface area (Å²) in [5.41, 5.74) is -1.40. The number of amides is 1. The summed E-state index contributed by atoms with van der Waals surface area (Å²) >= 11 is 2.17. The van der Waals surface area contributed by atoms with Crippen LogP contribution in [-0.4, -0.2) is 10.8 Å². The summed E-state index contributed by atoms with van der Waals surface area (Å²) in [6.45, 7) is 0.0691. The smallest absolute Gasteiger partial charge is 0.416 e. The van der Waals surface area contributed by atoms with E-state index in [1.165, 1.54) is 18.2 Å². The first-order valence-corrected chi connectivity index (χ1v) is 11.6. The molecule has 1 amide bonds. The van der Waals surface area contributed by atoms with Crippen LogP contribution in [0.3, 0.4) is 0 Å². The summed E-state index contributed by atoms with van der Waals surface area (Å²) < 4.78 is 56.5. The average molecular weight is 624 g/mol. The van der Waals surface area contributed by atoms with Crippen molar-refractivity contribution in [3.8, 4) is 17.2 Å². The fourth-order valence-electron chi connectivity index (χ4n) is 3.15. The number of halogens is 4. The maximum atomic E-state index is 13.0. The number of anilines is 1. The van der Waals surface area contributed by atoms with Gasteiger partial charge in [0.2, 0.25) is 0 Å². The van der Waals surface area contributed by atoms with Crippen LogP contribution in [0, 0.1) is 13.7 Å². The molecule has 8 nitrogen and oxygen atoms in total. The first-order valence-electron chi connectivity index (χ1n) is 10.5. The maximum absolute atomic E-state index is 13.0. The predicted molar refractivity (Wildman–Crippen MR) is 135 cm³/mol. The van der Waals surface area contributed by atoms with Crippen LogP contribution in [0.15, 0.2) is 83.3 Å². The number of non-ortho nitro benzene ring substituents is 1. The van der Waals surface area contributed by atoms with Gasteiger partial charge < -0.3 is 19.2 Å². The topological polar surface area (TPSA) is 104 Å². The lowest BCUT2D eigenvalue weighted by molar-refractivity contribution is -0.384. The molecule has 0 saturated heterocycles. The molecule has 1 heterocycles. The molecule has 0 aliphatic rings. The van der Waals surface area contributed by atoms with E-state index in [0.717, 1.165) is 33.9 Å². The number of nitrogens with zero attached hydrogens (tertiary/aromatic N) is 1. The number of alkyl halides is 3. The van der Waals surface area contributed by atoms with Gasteiger partial charge in [-0.15, -0.1) is 0 Å². The van der Waals surface area contributed by atoms with Gasteiger partial charge in [0.15, 0.2) is 5.76 Å². The zero-order chi connectivity index (χ0) is 26.6. The predicted octanol–water partition coefficient (Wildman–Crippen LogP) is 7.43. The van der Waals surface area contributed by atoms with Crippen LogP contribution in [0.1, 0.15) is 21.9 Å². The Labute approximate surface area is 221 Å². The molecule has 0 saturated carbocycles. The number of carbonyl (C=O) groups is 1. The van der Waals surface area contributed by atoms with E-state index in [0.29, 0.717) is 11.5 Å². The summed E-state index contributed by atoms with van der Waals surface area (Å²) in [7, 11) is 0. The largest absolute Gasteiger partial charge is 0.486 e. The average Bonchev–Trinajstić information content (AvgIpc) is 3.32. The number of carbonyl (C=O) groups excluding carboxylic acids is 1. The van der Waals surface area contributed by atoms with Crippen molar-refractivity contribution in [2.24, 2.45) is 0 Å². The Balaban J connectivity index is 1.47. The van der Waals surface area contributed by atoms with Crippen LogP contribution in [0.25, 0.3) is 0 Å². The zero-order valence-electron chi connectivity index (χ0n) is 18.6. The molecule has 0 radical (unpaired) electrons. The minimum absolute atomic E-state index is 0.0192. The van der Waals surface area contributed by atoms with Gasteiger partial charge in [-0.2, -0.15) is 13.2 Å². The van der Waals surface area contributed by atoms with E-state index in [-0.39, 0.29) is 29.6 Å². The second-order valence-electron chi connectivity index (χ2n) is 7.56. The van der Waals surface area contributed by atoms with Gasteiger partial charge in [0.05, 0.1) is 22.2 Å². The summed E-state index contributed by atoms with van der Waals surface area (Å²) in [6.07, 6.45) is -4.59. The van der Waals surface area contributed by atoms with Crippen molar-refractivity contribution in [3.05, 3.63) is 110 Å². The Morgan fingerprint density at radius 3 is 2.43 bits per heavy atom. The Bertz CT molecular complexity index is 1440. The van der Waals surface area contributed by atoms with Crippen LogP contribution in [0.5, 0.6) is 17.2 Å². The van der Waals surface area contributed by atoms with Gasteiger partial charge in [-0.3, -0.25) is 14.9 Å². The number of nitro benzene ring substituents is 1. The van der Waals surface area contributed by atoms with E-state index >= 15 is 0 Å². The minimum Gasteiger partial charge on any atom is -0.486 e. The van der Waals surface area contributed by atoms with E-state index in [4.69, 9.17) is 13.9 Å². The van der Waals surface area contributed by atoms with Crippen molar-refractivity contribution in [2.75, 3.05) is 5.32 Å². The SMILES string of the molecule is O=C(Nc1cc(Oc2cccc(C(F)(F)F)c2)cc([N+](=O)[O-])c1)c1ccc(COc2ccc(I)cc2)o1. The van der Waals surface area contributed by atoms with Crippen molar-refractivity contribution in [1.29, 1.82) is 0 Å². The van der Waals surface area contributed by atoms with Gasteiger partial charge in [-0.25, -0.2) is 0 Å². The molecule has 190 valence electrons. The van der Waals surface area contributed by atoms with Crippen LogP contribution in [-0.2, 0) is 12.8 Å². The highest BCUT2D eigenvalue weighted by molar-refractivity contribution is 14.1. The zero-order valence-corrected chi connectivity index (χ0v) is 20.8. The normalized spacial score (nSPS) is 11.1. The highest BCUT2D eigenvalue weighted by Crippen LogP contribution is 2.34. The molecule has 0 aliphatic carbocycles. The highest BCUT2D eigenvalue weighted by Gasteiger charge is 2.30. The van der Waals surface area contributed by atoms with Crippen LogP contribution >= 0.6 is 22.6 Å². The quantitative estimate of drug-likeness (QED) is 0.124. The fraction of sp³-hybridized carbons (Fsp3) is 0.0800. The monoisotopic (exact) mass is 624 g/mol. The van der Waals surface area contributed by atoms with Gasteiger partial charge in [0.25, 0.3) is 11.6 Å². The fourth-order valence-corrected chi connectivity index (χ4v) is 3.51. The number of furan rings is 1. The second kappa shape index (κ2) is 10.9. The molecule has 0 spiro atoms. The lowest BCUT2D eigenvalue weighted by Crippen LogP contribution is -2.11. The van der Waals surface area contributed by atoms with Crippen LogP contribution in [0.2, 0.25) is 0 Å². The van der Waals surface area contributed by atoms with Crippen molar-refractivity contribution >= 4 is 39.9 Å². The summed E-state index contributed by atoms with van der Waals surface area (Å²) in [5, 5.41) is 13.8. The number of hydrogen-bond acceptors (Lipinski definition) is 6. The Morgan fingerprint density at radius 1 is 0.973 bits per heavy atom. The molecule has 0 atom stereocenters. The number of ether oxygens (including phenoxy) is 2. The minimum atomic E-state index is -4.59. The van der Waals surface area contributed by atoms with E-state index in [9.17, 15) is 28.1 Å². The molecule has 0 unspecified atom stereocenters. The molecule has 37 heavy (non-hydrogen) atoms. The summed E-state index contributed by atoms with van der Waals surface area (Å²) in [6, 6.07) is 17.7. The number of nitrogens with one attached hydrogen (secondary N) is 1. The number of benzene rings is 3. The molecule has 1 aromatic heterocycles. The van der Waals surface area contributed by atoms with E-state index in [1.807, 2.05) is 12.1 Å². The third-order valence-electron chi connectivity index (χ3n) is 4.84. The van der Waals surface area contributed by atoms with Crippen molar-refractivity contribution in [2.45, 2.75) is 12.8 Å². The molecular weight excluding hydrogens is 608 g/mol. The molecule has 0 fully saturated rings. The van der Waals surface area contributed by atoms with E-state index in [1.54, 1.807) is 18.2 Å². The lowest BCUT2D eigenvalue weighted by atomic mass is 10.2. The molecule has 0 aliphatic heterocycles. The molecule has 4 aromatic rings. The molecule has 12 heteroatoms. The third kappa shape index (κ3) is 7.00. The number of nitro groups is 1. The van der Waals surface area contributed by atoms with Gasteiger partial charge in [0, 0.05) is 15.7 Å². The third-order valence-corrected chi connectivity index (χ3v) is 5.56. The first kappa shape index (κ1) is 26.0. The standard InChI is InChI=1S/C25H16F3IN2O6/c26-25(27,28)15-2-1-3-20(10-15)36-22-12-17(11-18(13-22)31(33)34)30-24(32)23-9-8-21(37-23)14-35-19-6-4-16(29)5-7-19/h1-13H,14H2,(H,30,32). The molecule has 3 aromatic carbocycles. The van der Waals surface area contributed by atoms with Crippen molar-refractivity contribution < 1.29 is 36.8 Å². The Kier molecular flexibility index (Phi) is 7.66. The van der Waals surface area contributed by atoms with E-state index in [2.05, 4.69) is 27.9 Å². The summed E-state index contributed by atoms with van der Waals surface area (Å²) in [4.78, 5) is 23.3. The van der Waals surface area contributed by atoms with Crippen LogP contribution < -0.4 is 14.8 Å². The molecule has 1 N–H and O–H groups in total. The van der Waals surface area contributed by atoms with Crippen molar-refractivity contribution in [3.63, 3.8) is 0 Å². The van der Waals surface area contributed by atoms with Gasteiger partial charge >= 0.3 is 6.18 Å². The Hall–Kier alpha value is -4.07. The number of rotatable bonds is 8. The second-order valence-corrected chi connectivity index (χ2v) is 8.81. The number of hydrogen-bond donors (Lipinski definition) is 1. The molecule has 4 rings (SSSR count). The maximum Gasteiger partial charge on any atom is 0.416 e. The van der Waals surface area contributed by atoms with Gasteiger partial charge in [-0.05, 0) is 77.2 Å². The van der Waals surface area contributed by atoms with Crippen LogP contribution in [0.4, 0.5) is 24.5 Å². The van der Waals surface area contributed by atoms with Gasteiger partial charge in [0.1, 0.15) is 29.6 Å². The van der Waals surface area contributed by atoms with E-state index < -0.39 is 28.3 Å². The van der Waals surface area contributed by atoms with Gasteiger partial charge in [-0.1, -0.05) is 6.07 Å². The molecular formula is C25H16F3IN2O6. The Morgan fingerprint density at radius 2 is 1.73 bits per heavy atom. The first-order chi connectivity index (χ1) is 17.6. The highest BCUT2D eigenvalue weighted by atomic mass is 127.